The van der Waals surface area contributed by atoms with E-state index in [1.165, 1.54) is 38.7 Å². The van der Waals surface area contributed by atoms with Crippen LogP contribution in [0.2, 0.25) is 0 Å². The second-order valence-electron chi connectivity index (χ2n) is 6.86. The number of halogens is 1. The van der Waals surface area contributed by atoms with E-state index in [1.807, 2.05) is 12.1 Å². The number of alkyl halides is 1. The summed E-state index contributed by atoms with van der Waals surface area (Å²) < 4.78 is 39.1. The van der Waals surface area contributed by atoms with Crippen LogP contribution in [-0.4, -0.2) is 37.6 Å². The van der Waals surface area contributed by atoms with Crippen LogP contribution in [0.5, 0.6) is 11.5 Å². The number of ether oxygens (including phenoxy) is 2. The Labute approximate surface area is 195 Å². The zero-order chi connectivity index (χ0) is 23.4. The number of nitrogens with zero attached hydrogens (tertiary/aromatic N) is 3. The second-order valence-corrected chi connectivity index (χ2v) is 8.81. The van der Waals surface area contributed by atoms with E-state index in [9.17, 15) is 8.42 Å². The van der Waals surface area contributed by atoms with Crippen LogP contribution in [0, 0.1) is 0 Å². The maximum absolute atomic E-state index is 13.0. The number of anilines is 3. The number of hydrogen-bond donors (Lipinski definition) is 2. The molecule has 0 aliphatic rings. The summed E-state index contributed by atoms with van der Waals surface area (Å²) in [6, 6.07) is 13.5. The summed E-state index contributed by atoms with van der Waals surface area (Å²) in [5.74, 6) is 1.49. The topological polar surface area (TPSA) is 115 Å². The Hall–Kier alpha value is -3.63. The third-order valence-corrected chi connectivity index (χ3v) is 6.32. The number of sulfonamides is 1. The number of pyridine rings is 1. The maximum atomic E-state index is 13.0. The van der Waals surface area contributed by atoms with Gasteiger partial charge >= 0.3 is 0 Å². The van der Waals surface area contributed by atoms with Gasteiger partial charge in [0, 0.05) is 42.2 Å². The van der Waals surface area contributed by atoms with E-state index < -0.39 is 10.0 Å². The van der Waals surface area contributed by atoms with Crippen LogP contribution in [0.3, 0.4) is 0 Å². The van der Waals surface area contributed by atoms with Crippen LogP contribution >= 0.6 is 11.6 Å². The van der Waals surface area contributed by atoms with E-state index >= 15 is 0 Å². The van der Waals surface area contributed by atoms with Crippen LogP contribution in [0.1, 0.15) is 5.56 Å². The number of hydrogen-bond acceptors (Lipinski definition) is 8. The molecule has 4 rings (SSSR count). The predicted octanol–water partition coefficient (Wildman–Crippen LogP) is 4.33. The summed E-state index contributed by atoms with van der Waals surface area (Å²) >= 11 is 6.07. The van der Waals surface area contributed by atoms with Gasteiger partial charge in [-0.3, -0.25) is 9.71 Å². The molecule has 9 nitrogen and oxygen atoms in total. The standard InChI is InChI=1S/C22H20ClN5O4S/c1-31-16-9-15(10-17(11-16)32-2)25-21-22(28-33(29,30)18-6-4-8-24-13-18)27-20-14(12-23)5-3-7-19(20)26-21/h3-11,13H,12H2,1-2H3,(H,25,26)(H,27,28). The molecule has 0 aliphatic carbocycles. The highest BCUT2D eigenvalue weighted by Crippen LogP contribution is 2.32. The molecule has 4 aromatic rings. The molecule has 0 spiro atoms. The molecule has 2 N–H and O–H groups in total. The Bertz CT molecular complexity index is 1380. The lowest BCUT2D eigenvalue weighted by atomic mass is 10.2. The Morgan fingerprint density at radius 3 is 2.36 bits per heavy atom. The van der Waals surface area contributed by atoms with Gasteiger partial charge in [0.2, 0.25) is 0 Å². The minimum atomic E-state index is -3.98. The van der Waals surface area contributed by atoms with Gasteiger partial charge in [-0.25, -0.2) is 18.4 Å². The number of aromatic nitrogens is 3. The van der Waals surface area contributed by atoms with Crippen LogP contribution in [-0.2, 0) is 15.9 Å². The quantitative estimate of drug-likeness (QED) is 0.354. The van der Waals surface area contributed by atoms with Crippen molar-refractivity contribution in [3.63, 3.8) is 0 Å². The van der Waals surface area contributed by atoms with Crippen molar-refractivity contribution in [2.75, 3.05) is 24.3 Å². The minimum absolute atomic E-state index is 0.00528. The van der Waals surface area contributed by atoms with Gasteiger partial charge in [0.05, 0.1) is 25.3 Å². The van der Waals surface area contributed by atoms with Crippen LogP contribution in [0.15, 0.2) is 65.8 Å². The van der Waals surface area contributed by atoms with E-state index in [1.54, 1.807) is 24.3 Å². The average Bonchev–Trinajstić information content (AvgIpc) is 2.84. The molecule has 0 radical (unpaired) electrons. The highest BCUT2D eigenvalue weighted by molar-refractivity contribution is 7.92. The van der Waals surface area contributed by atoms with E-state index in [2.05, 4.69) is 25.0 Å². The third-order valence-electron chi connectivity index (χ3n) is 4.71. The average molecular weight is 486 g/mol. The van der Waals surface area contributed by atoms with Gasteiger partial charge in [0.1, 0.15) is 16.4 Å². The normalized spacial score (nSPS) is 11.2. The van der Waals surface area contributed by atoms with Gasteiger partial charge in [0.15, 0.2) is 11.6 Å². The Morgan fingerprint density at radius 1 is 0.970 bits per heavy atom. The number of methoxy groups -OCH3 is 2. The Kier molecular flexibility index (Phi) is 6.47. The van der Waals surface area contributed by atoms with Crippen LogP contribution in [0.25, 0.3) is 11.0 Å². The first-order valence-electron chi connectivity index (χ1n) is 9.72. The summed E-state index contributed by atoms with van der Waals surface area (Å²) in [6.45, 7) is 0. The molecule has 0 amide bonds. The zero-order valence-corrected chi connectivity index (χ0v) is 19.3. The molecule has 170 valence electrons. The molecule has 0 aliphatic heterocycles. The number of fused-ring (bicyclic) bond motifs is 1. The first-order valence-corrected chi connectivity index (χ1v) is 11.7. The lowest BCUT2D eigenvalue weighted by Gasteiger charge is -2.15. The number of benzene rings is 2. The van der Waals surface area contributed by atoms with Crippen molar-refractivity contribution in [1.29, 1.82) is 0 Å². The molecule has 2 aromatic heterocycles. The molecule has 0 saturated carbocycles. The molecule has 11 heteroatoms. The number of rotatable bonds is 8. The van der Waals surface area contributed by atoms with Crippen LogP contribution in [0.4, 0.5) is 17.3 Å². The van der Waals surface area contributed by atoms with E-state index in [0.29, 0.717) is 28.2 Å². The zero-order valence-electron chi connectivity index (χ0n) is 17.7. The van der Waals surface area contributed by atoms with E-state index in [-0.39, 0.29) is 22.4 Å². The molecule has 33 heavy (non-hydrogen) atoms. The van der Waals surface area contributed by atoms with Gasteiger partial charge in [-0.1, -0.05) is 12.1 Å². The number of nitrogens with one attached hydrogen (secondary N) is 2. The lowest BCUT2D eigenvalue weighted by molar-refractivity contribution is 0.395. The van der Waals surface area contributed by atoms with Crippen molar-refractivity contribution < 1.29 is 17.9 Å². The summed E-state index contributed by atoms with van der Waals surface area (Å²) in [5.41, 5.74) is 2.33. The molecular weight excluding hydrogens is 466 g/mol. The van der Waals surface area contributed by atoms with Crippen molar-refractivity contribution in [3.8, 4) is 11.5 Å². The molecule has 2 heterocycles. The molecule has 0 bridgehead atoms. The molecule has 0 fully saturated rings. The fourth-order valence-electron chi connectivity index (χ4n) is 3.11. The van der Waals surface area contributed by atoms with Crippen molar-refractivity contribution in [2.24, 2.45) is 0 Å². The fraction of sp³-hybridized carbons (Fsp3) is 0.136. The van der Waals surface area contributed by atoms with Gasteiger partial charge in [-0.05, 0) is 23.8 Å². The second kappa shape index (κ2) is 9.47. The highest BCUT2D eigenvalue weighted by atomic mass is 35.5. The third kappa shape index (κ3) is 4.91. The molecule has 0 saturated heterocycles. The van der Waals surface area contributed by atoms with Gasteiger partial charge < -0.3 is 14.8 Å². The molecule has 2 aromatic carbocycles. The van der Waals surface area contributed by atoms with Crippen molar-refractivity contribution in [3.05, 3.63) is 66.5 Å². The molecule has 0 atom stereocenters. The Morgan fingerprint density at radius 2 is 1.73 bits per heavy atom. The summed E-state index contributed by atoms with van der Waals surface area (Å²) in [7, 11) is -0.905. The summed E-state index contributed by atoms with van der Waals surface area (Å²) in [4.78, 5) is 13.0. The van der Waals surface area contributed by atoms with Crippen molar-refractivity contribution >= 4 is 50.0 Å². The minimum Gasteiger partial charge on any atom is -0.497 e. The summed E-state index contributed by atoms with van der Waals surface area (Å²) in [5, 5.41) is 3.12. The SMILES string of the molecule is COc1cc(Nc2nc3cccc(CCl)c3nc2NS(=O)(=O)c2cccnc2)cc(OC)c1. The highest BCUT2D eigenvalue weighted by Gasteiger charge is 2.20. The van der Waals surface area contributed by atoms with Crippen LogP contribution < -0.4 is 19.5 Å². The van der Waals surface area contributed by atoms with Crippen molar-refractivity contribution in [2.45, 2.75) is 10.8 Å². The van der Waals surface area contributed by atoms with Crippen molar-refractivity contribution in [1.82, 2.24) is 15.0 Å². The molecule has 0 unspecified atom stereocenters. The largest absolute Gasteiger partial charge is 0.497 e. The Balaban J connectivity index is 1.84. The fourth-order valence-corrected chi connectivity index (χ4v) is 4.30. The first-order chi connectivity index (χ1) is 15.9. The predicted molar refractivity (Wildman–Crippen MR) is 127 cm³/mol. The number of para-hydroxylation sites is 1. The van der Waals surface area contributed by atoms with Gasteiger partial charge in [-0.2, -0.15) is 0 Å². The van der Waals surface area contributed by atoms with E-state index in [0.717, 1.165) is 5.56 Å². The van der Waals surface area contributed by atoms with E-state index in [4.69, 9.17) is 21.1 Å². The smallest absolute Gasteiger partial charge is 0.264 e. The summed E-state index contributed by atoms with van der Waals surface area (Å²) in [6.07, 6.45) is 2.74. The monoisotopic (exact) mass is 485 g/mol. The lowest BCUT2D eigenvalue weighted by Crippen LogP contribution is -2.16. The van der Waals surface area contributed by atoms with Gasteiger partial charge in [0.25, 0.3) is 10.0 Å². The maximum Gasteiger partial charge on any atom is 0.264 e. The molecular formula is C22H20ClN5O4S. The first kappa shape index (κ1) is 22.6. The van der Waals surface area contributed by atoms with Gasteiger partial charge in [-0.15, -0.1) is 11.6 Å².